The first-order valence-electron chi connectivity index (χ1n) is 7.81. The van der Waals surface area contributed by atoms with Gasteiger partial charge in [-0.05, 0) is 42.8 Å². The summed E-state index contributed by atoms with van der Waals surface area (Å²) >= 11 is 0. The summed E-state index contributed by atoms with van der Waals surface area (Å²) in [6, 6.07) is 8.49. The number of hydrogen-bond donors (Lipinski definition) is 2. The highest BCUT2D eigenvalue weighted by Crippen LogP contribution is 2.18. The molecule has 0 saturated heterocycles. The molecule has 2 aromatic carbocycles. The summed E-state index contributed by atoms with van der Waals surface area (Å²) < 4.78 is 39.7. The highest BCUT2D eigenvalue weighted by atomic mass is 19.2. The van der Waals surface area contributed by atoms with Gasteiger partial charge in [-0.25, -0.2) is 13.2 Å². The van der Waals surface area contributed by atoms with E-state index in [1.54, 1.807) is 24.3 Å². The maximum Gasteiger partial charge on any atom is 0.258 e. The molecule has 0 atom stereocenters. The maximum absolute atomic E-state index is 13.6. The van der Waals surface area contributed by atoms with Gasteiger partial charge in [0.25, 0.3) is 5.91 Å². The van der Waals surface area contributed by atoms with Crippen molar-refractivity contribution in [3.63, 3.8) is 0 Å². The molecule has 3 nitrogen and oxygen atoms in total. The van der Waals surface area contributed by atoms with E-state index in [4.69, 9.17) is 0 Å². The fourth-order valence-electron chi connectivity index (χ4n) is 2.18. The molecule has 1 amide bonds. The molecule has 0 spiro atoms. The molecule has 0 unspecified atom stereocenters. The van der Waals surface area contributed by atoms with Crippen molar-refractivity contribution >= 4 is 17.3 Å². The van der Waals surface area contributed by atoms with Gasteiger partial charge in [-0.2, -0.15) is 0 Å². The highest BCUT2D eigenvalue weighted by Gasteiger charge is 2.18. The van der Waals surface area contributed by atoms with E-state index in [1.165, 1.54) is 0 Å². The lowest BCUT2D eigenvalue weighted by atomic mass is 10.1. The Morgan fingerprint density at radius 3 is 2.25 bits per heavy atom. The molecule has 128 valence electrons. The number of unbranched alkanes of at least 4 members (excludes halogenated alkanes) is 2. The van der Waals surface area contributed by atoms with Crippen LogP contribution in [-0.4, -0.2) is 12.5 Å². The van der Waals surface area contributed by atoms with Gasteiger partial charge in [0, 0.05) is 17.9 Å². The van der Waals surface area contributed by atoms with Crippen LogP contribution in [0.15, 0.2) is 36.4 Å². The second-order valence-corrected chi connectivity index (χ2v) is 5.39. The van der Waals surface area contributed by atoms with E-state index in [0.717, 1.165) is 43.6 Å². The van der Waals surface area contributed by atoms with Crippen LogP contribution in [0.4, 0.5) is 24.5 Å². The number of carbonyl (C=O) groups excluding carboxylic acids is 1. The third-order valence-electron chi connectivity index (χ3n) is 3.53. The van der Waals surface area contributed by atoms with Crippen molar-refractivity contribution < 1.29 is 18.0 Å². The fourth-order valence-corrected chi connectivity index (χ4v) is 2.18. The Labute approximate surface area is 138 Å². The Morgan fingerprint density at radius 1 is 0.917 bits per heavy atom. The summed E-state index contributed by atoms with van der Waals surface area (Å²) in [7, 11) is 0. The summed E-state index contributed by atoms with van der Waals surface area (Å²) in [5.41, 5.74) is 0.794. The Morgan fingerprint density at radius 2 is 1.58 bits per heavy atom. The van der Waals surface area contributed by atoms with Crippen molar-refractivity contribution in [1.82, 2.24) is 0 Å². The van der Waals surface area contributed by atoms with Crippen molar-refractivity contribution in [2.45, 2.75) is 26.2 Å². The Kier molecular flexibility index (Phi) is 6.23. The topological polar surface area (TPSA) is 41.1 Å². The van der Waals surface area contributed by atoms with Gasteiger partial charge in [0.15, 0.2) is 17.5 Å². The molecule has 0 radical (unpaired) electrons. The number of hydrogen-bond acceptors (Lipinski definition) is 2. The fraction of sp³-hybridized carbons (Fsp3) is 0.278. The van der Waals surface area contributed by atoms with Gasteiger partial charge in [0.05, 0.1) is 5.56 Å². The second-order valence-electron chi connectivity index (χ2n) is 5.39. The zero-order valence-electron chi connectivity index (χ0n) is 13.3. The predicted molar refractivity (Wildman–Crippen MR) is 88.7 cm³/mol. The van der Waals surface area contributed by atoms with Crippen LogP contribution in [0, 0.1) is 17.5 Å². The predicted octanol–water partition coefficient (Wildman–Crippen LogP) is 4.96. The minimum atomic E-state index is -1.66. The summed E-state index contributed by atoms with van der Waals surface area (Å²) in [4.78, 5) is 12.0. The monoisotopic (exact) mass is 336 g/mol. The number of rotatable bonds is 7. The molecule has 0 heterocycles. The van der Waals surface area contributed by atoms with E-state index in [0.29, 0.717) is 5.69 Å². The molecule has 0 aliphatic heterocycles. The minimum absolute atomic E-state index is 0.434. The quantitative estimate of drug-likeness (QED) is 0.554. The van der Waals surface area contributed by atoms with Gasteiger partial charge >= 0.3 is 0 Å². The number of carbonyl (C=O) groups is 1. The van der Waals surface area contributed by atoms with Crippen LogP contribution in [0.2, 0.25) is 0 Å². The van der Waals surface area contributed by atoms with E-state index in [9.17, 15) is 18.0 Å². The smallest absolute Gasteiger partial charge is 0.258 e. The molecule has 2 N–H and O–H groups in total. The van der Waals surface area contributed by atoms with Gasteiger partial charge < -0.3 is 10.6 Å². The lowest BCUT2D eigenvalue weighted by Gasteiger charge is -2.09. The molecule has 0 aliphatic carbocycles. The van der Waals surface area contributed by atoms with Gasteiger partial charge in [0.2, 0.25) is 0 Å². The van der Waals surface area contributed by atoms with Gasteiger partial charge in [-0.1, -0.05) is 19.8 Å². The van der Waals surface area contributed by atoms with Crippen molar-refractivity contribution in [1.29, 1.82) is 0 Å². The standard InChI is InChI=1S/C18H19F3N2O/c1-2-3-4-11-22-12-5-7-13(8-6-12)23-18(24)14-9-10-15(19)17(21)16(14)20/h5-10,22H,2-4,11H2,1H3,(H,23,24). The number of anilines is 2. The van der Waals surface area contributed by atoms with Gasteiger partial charge in [0.1, 0.15) is 0 Å². The lowest BCUT2D eigenvalue weighted by Crippen LogP contribution is -2.15. The molecule has 24 heavy (non-hydrogen) atoms. The number of nitrogens with one attached hydrogen (secondary N) is 2. The molecule has 0 fully saturated rings. The zero-order valence-corrected chi connectivity index (χ0v) is 13.3. The first-order valence-corrected chi connectivity index (χ1v) is 7.81. The molecule has 2 rings (SSSR count). The van der Waals surface area contributed by atoms with Crippen LogP contribution in [-0.2, 0) is 0 Å². The zero-order chi connectivity index (χ0) is 17.5. The number of amides is 1. The van der Waals surface area contributed by atoms with Gasteiger partial charge in [-0.15, -0.1) is 0 Å². The number of halogens is 3. The van der Waals surface area contributed by atoms with E-state index in [2.05, 4.69) is 17.6 Å². The largest absolute Gasteiger partial charge is 0.385 e. The van der Waals surface area contributed by atoms with Crippen LogP contribution in [0.3, 0.4) is 0 Å². The molecule has 0 aliphatic rings. The summed E-state index contributed by atoms with van der Waals surface area (Å²) in [5, 5.41) is 5.70. The third-order valence-corrected chi connectivity index (χ3v) is 3.53. The summed E-state index contributed by atoms with van der Waals surface area (Å²) in [6.07, 6.45) is 3.37. The second kappa shape index (κ2) is 8.38. The molecule has 6 heteroatoms. The summed E-state index contributed by atoms with van der Waals surface area (Å²) in [5.74, 6) is -5.33. The molecule has 0 aromatic heterocycles. The van der Waals surface area contributed by atoms with Crippen LogP contribution in [0.5, 0.6) is 0 Å². The maximum atomic E-state index is 13.6. The highest BCUT2D eigenvalue weighted by molar-refractivity contribution is 6.04. The SMILES string of the molecule is CCCCCNc1ccc(NC(=O)c2ccc(F)c(F)c2F)cc1. The molecular weight excluding hydrogens is 317 g/mol. The Bertz CT molecular complexity index is 702. The van der Waals surface area contributed by atoms with Crippen molar-refractivity contribution in [2.75, 3.05) is 17.2 Å². The van der Waals surface area contributed by atoms with E-state index >= 15 is 0 Å². The Balaban J connectivity index is 1.98. The molecular formula is C18H19F3N2O. The first-order chi connectivity index (χ1) is 11.5. The van der Waals surface area contributed by atoms with Crippen molar-refractivity contribution in [2.24, 2.45) is 0 Å². The Hall–Kier alpha value is -2.50. The lowest BCUT2D eigenvalue weighted by molar-refractivity contribution is 0.102. The molecule has 2 aromatic rings. The van der Waals surface area contributed by atoms with Crippen LogP contribution >= 0.6 is 0 Å². The third kappa shape index (κ3) is 4.50. The molecule has 0 bridgehead atoms. The first kappa shape index (κ1) is 17.8. The van der Waals surface area contributed by atoms with E-state index < -0.39 is 28.9 Å². The summed E-state index contributed by atoms with van der Waals surface area (Å²) in [6.45, 7) is 2.99. The average molecular weight is 336 g/mol. The molecule has 0 saturated carbocycles. The van der Waals surface area contributed by atoms with Crippen molar-refractivity contribution in [3.05, 3.63) is 59.4 Å². The van der Waals surface area contributed by atoms with Gasteiger partial charge in [-0.3, -0.25) is 4.79 Å². The van der Waals surface area contributed by atoms with E-state index in [1.807, 2.05) is 0 Å². The van der Waals surface area contributed by atoms with Crippen LogP contribution < -0.4 is 10.6 Å². The number of benzene rings is 2. The van der Waals surface area contributed by atoms with Crippen LogP contribution in [0.1, 0.15) is 36.5 Å². The minimum Gasteiger partial charge on any atom is -0.385 e. The van der Waals surface area contributed by atoms with Crippen molar-refractivity contribution in [3.8, 4) is 0 Å². The van der Waals surface area contributed by atoms with Crippen LogP contribution in [0.25, 0.3) is 0 Å². The average Bonchev–Trinajstić information content (AvgIpc) is 2.58. The van der Waals surface area contributed by atoms with E-state index in [-0.39, 0.29) is 0 Å². The normalized spacial score (nSPS) is 10.5.